The lowest BCUT2D eigenvalue weighted by Gasteiger charge is -2.26. The molecule has 9 nitrogen and oxygen atoms in total. The maximum absolute atomic E-state index is 13.7. The van der Waals surface area contributed by atoms with Gasteiger partial charge in [0.15, 0.2) is 11.5 Å². The summed E-state index contributed by atoms with van der Waals surface area (Å²) in [7, 11) is 0. The van der Waals surface area contributed by atoms with Crippen molar-refractivity contribution in [2.75, 3.05) is 29.6 Å². The summed E-state index contributed by atoms with van der Waals surface area (Å²) in [6.45, 7) is 2.86. The molecule has 0 bridgehead atoms. The Morgan fingerprint density at radius 1 is 1.36 bits per heavy atom. The van der Waals surface area contributed by atoms with Crippen molar-refractivity contribution in [3.63, 3.8) is 0 Å². The lowest BCUT2D eigenvalue weighted by molar-refractivity contribution is -0.119. The molecule has 1 aromatic carbocycles. The molecule has 3 atom stereocenters. The van der Waals surface area contributed by atoms with Gasteiger partial charge in [-0.2, -0.15) is 5.26 Å². The number of hydrogen-bond acceptors (Lipinski definition) is 7. The molecular formula is C22H24F2N6O3. The van der Waals surface area contributed by atoms with Gasteiger partial charge in [0.1, 0.15) is 42.6 Å². The first-order valence-corrected chi connectivity index (χ1v) is 10.9. The molecule has 0 aliphatic carbocycles. The molecule has 3 aliphatic heterocycles. The van der Waals surface area contributed by atoms with Crippen LogP contribution in [0.25, 0.3) is 11.4 Å². The van der Waals surface area contributed by atoms with E-state index in [1.54, 1.807) is 11.5 Å². The molecule has 4 heterocycles. The number of ether oxygens (including phenoxy) is 2. The van der Waals surface area contributed by atoms with Gasteiger partial charge < -0.3 is 29.6 Å². The van der Waals surface area contributed by atoms with Gasteiger partial charge in [-0.25, -0.2) is 13.8 Å². The number of carbonyl (C=O) groups is 1. The van der Waals surface area contributed by atoms with Gasteiger partial charge in [0.25, 0.3) is 6.43 Å². The molecule has 174 valence electrons. The van der Waals surface area contributed by atoms with E-state index in [0.717, 1.165) is 12.1 Å². The molecule has 2 unspecified atom stereocenters. The van der Waals surface area contributed by atoms with Crippen LogP contribution in [0.4, 0.5) is 20.3 Å². The molecule has 1 amide bonds. The molecular weight excluding hydrogens is 434 g/mol. The Labute approximate surface area is 189 Å². The van der Waals surface area contributed by atoms with Gasteiger partial charge in [-0.15, -0.1) is 0 Å². The third-order valence-corrected chi connectivity index (χ3v) is 6.54. The molecule has 2 N–H and O–H groups in total. The largest absolute Gasteiger partial charge is 0.491 e. The molecule has 33 heavy (non-hydrogen) atoms. The van der Waals surface area contributed by atoms with E-state index in [4.69, 9.17) is 15.2 Å². The highest BCUT2D eigenvalue weighted by Gasteiger charge is 2.41. The van der Waals surface area contributed by atoms with Crippen molar-refractivity contribution in [2.24, 2.45) is 5.73 Å². The number of nitrogens with two attached hydrogens (primary N) is 1. The van der Waals surface area contributed by atoms with Crippen molar-refractivity contribution in [3.8, 4) is 23.2 Å². The fourth-order valence-corrected chi connectivity index (χ4v) is 4.96. The van der Waals surface area contributed by atoms with Gasteiger partial charge in [0.05, 0.1) is 18.7 Å². The summed E-state index contributed by atoms with van der Waals surface area (Å²) in [5.41, 5.74) is 7.22. The zero-order chi connectivity index (χ0) is 23.3. The van der Waals surface area contributed by atoms with E-state index in [1.165, 1.54) is 4.90 Å². The lowest BCUT2D eigenvalue weighted by Crippen LogP contribution is -2.41. The third kappa shape index (κ3) is 3.45. The standard InChI is InChI=1S/C22H24F2N6O3/c1-12-30(17(11-33-12)19(23)24)22-16(10-25)29-7-8-32-18-9-13(4-5-14(18)21(29)27-22)28-6-2-3-15(28)20(26)31/h4-5,9,12,15,17,19H,2-3,6-8,11H2,1H3,(H2,26,31)/t12?,15-,17?/m0/s1. The molecule has 11 heteroatoms. The quantitative estimate of drug-likeness (QED) is 0.747. The summed E-state index contributed by atoms with van der Waals surface area (Å²) in [4.78, 5) is 19.8. The van der Waals surface area contributed by atoms with E-state index in [0.29, 0.717) is 36.6 Å². The third-order valence-electron chi connectivity index (χ3n) is 6.54. The minimum atomic E-state index is -2.64. The van der Waals surface area contributed by atoms with Crippen LogP contribution in [0.2, 0.25) is 0 Å². The zero-order valence-corrected chi connectivity index (χ0v) is 18.1. The van der Waals surface area contributed by atoms with Crippen molar-refractivity contribution < 1.29 is 23.0 Å². The van der Waals surface area contributed by atoms with Gasteiger partial charge in [0, 0.05) is 18.3 Å². The average Bonchev–Trinajstić information content (AvgIpc) is 3.48. The van der Waals surface area contributed by atoms with E-state index in [9.17, 15) is 18.8 Å². The molecule has 2 fully saturated rings. The van der Waals surface area contributed by atoms with Crippen molar-refractivity contribution >= 4 is 17.4 Å². The average molecular weight is 458 g/mol. The van der Waals surface area contributed by atoms with Crippen molar-refractivity contribution in [1.29, 1.82) is 5.26 Å². The van der Waals surface area contributed by atoms with Gasteiger partial charge in [-0.05, 0) is 31.9 Å². The number of halogens is 2. The molecule has 0 radical (unpaired) electrons. The fraction of sp³-hybridized carbons (Fsp3) is 0.500. The normalized spacial score (nSPS) is 24.3. The van der Waals surface area contributed by atoms with Crippen LogP contribution in [0.3, 0.4) is 0 Å². The number of primary amides is 1. The minimum absolute atomic E-state index is 0.133. The molecule has 2 saturated heterocycles. The number of benzene rings is 1. The summed E-state index contributed by atoms with van der Waals surface area (Å²) in [5, 5.41) is 9.89. The van der Waals surface area contributed by atoms with Crippen LogP contribution >= 0.6 is 0 Å². The number of amides is 1. The van der Waals surface area contributed by atoms with E-state index in [-0.39, 0.29) is 36.7 Å². The molecule has 3 aliphatic rings. The molecule has 0 saturated carbocycles. The van der Waals surface area contributed by atoms with Gasteiger partial charge in [-0.3, -0.25) is 4.79 Å². The van der Waals surface area contributed by atoms with Crippen LogP contribution in [0.1, 0.15) is 25.5 Å². The molecule has 1 aromatic heterocycles. The van der Waals surface area contributed by atoms with Gasteiger partial charge in [-0.1, -0.05) is 0 Å². The SMILES string of the molecule is CC1OCC(C(F)F)N1c1nc2n(c1C#N)CCOc1cc(N3CCC[C@H]3C(N)=O)ccc1-2. The van der Waals surface area contributed by atoms with Crippen molar-refractivity contribution in [1.82, 2.24) is 9.55 Å². The van der Waals surface area contributed by atoms with E-state index >= 15 is 0 Å². The highest BCUT2D eigenvalue weighted by Crippen LogP contribution is 2.40. The Kier molecular flexibility index (Phi) is 5.32. The highest BCUT2D eigenvalue weighted by atomic mass is 19.3. The zero-order valence-electron chi connectivity index (χ0n) is 18.1. The van der Waals surface area contributed by atoms with E-state index in [1.807, 2.05) is 23.1 Å². The highest BCUT2D eigenvalue weighted by molar-refractivity contribution is 5.85. The molecule has 2 aromatic rings. The fourth-order valence-electron chi connectivity index (χ4n) is 4.96. The number of rotatable bonds is 4. The number of aromatic nitrogens is 2. The Morgan fingerprint density at radius 2 is 2.18 bits per heavy atom. The second-order valence-electron chi connectivity index (χ2n) is 8.40. The number of nitriles is 1. The Morgan fingerprint density at radius 3 is 2.91 bits per heavy atom. The molecule has 0 spiro atoms. The van der Waals surface area contributed by atoms with E-state index in [2.05, 4.69) is 11.1 Å². The van der Waals surface area contributed by atoms with Crippen LogP contribution in [-0.4, -0.2) is 60.0 Å². The van der Waals surface area contributed by atoms with Crippen LogP contribution in [0.15, 0.2) is 18.2 Å². The van der Waals surface area contributed by atoms with Crippen molar-refractivity contribution in [2.45, 2.75) is 51.0 Å². The maximum atomic E-state index is 13.7. The summed E-state index contributed by atoms with van der Waals surface area (Å²) in [6.07, 6.45) is -1.70. The Hall–Kier alpha value is -3.39. The first-order chi connectivity index (χ1) is 15.9. The second kappa shape index (κ2) is 8.19. The monoisotopic (exact) mass is 458 g/mol. The second-order valence-corrected chi connectivity index (χ2v) is 8.40. The topological polar surface area (TPSA) is 110 Å². The number of fused-ring (bicyclic) bond motifs is 3. The predicted octanol–water partition coefficient (Wildman–Crippen LogP) is 2.08. The summed E-state index contributed by atoms with van der Waals surface area (Å²) in [5.74, 6) is 0.852. The first kappa shape index (κ1) is 21.5. The predicted molar refractivity (Wildman–Crippen MR) is 115 cm³/mol. The number of anilines is 2. The van der Waals surface area contributed by atoms with Crippen LogP contribution in [0, 0.1) is 11.3 Å². The van der Waals surface area contributed by atoms with Crippen LogP contribution in [0.5, 0.6) is 5.75 Å². The van der Waals surface area contributed by atoms with Gasteiger partial charge >= 0.3 is 0 Å². The van der Waals surface area contributed by atoms with Crippen LogP contribution < -0.4 is 20.3 Å². The lowest BCUT2D eigenvalue weighted by atomic mass is 10.1. The number of hydrogen-bond donors (Lipinski definition) is 1. The number of nitrogens with zero attached hydrogens (tertiary/aromatic N) is 5. The summed E-state index contributed by atoms with van der Waals surface area (Å²) in [6, 6.07) is 6.13. The smallest absolute Gasteiger partial charge is 0.260 e. The summed E-state index contributed by atoms with van der Waals surface area (Å²) >= 11 is 0. The Balaban J connectivity index is 1.58. The van der Waals surface area contributed by atoms with E-state index < -0.39 is 18.7 Å². The molecule has 5 rings (SSSR count). The first-order valence-electron chi connectivity index (χ1n) is 10.9. The Bertz CT molecular complexity index is 1130. The van der Waals surface area contributed by atoms with Crippen molar-refractivity contribution in [3.05, 3.63) is 23.9 Å². The number of carbonyl (C=O) groups excluding carboxylic acids is 1. The maximum Gasteiger partial charge on any atom is 0.260 e. The van der Waals surface area contributed by atoms with Crippen LogP contribution in [-0.2, 0) is 16.1 Å². The van der Waals surface area contributed by atoms with Gasteiger partial charge in [0.2, 0.25) is 5.91 Å². The summed E-state index contributed by atoms with van der Waals surface area (Å²) < 4.78 is 40.4. The number of alkyl halides is 2. The number of imidazole rings is 1. The minimum Gasteiger partial charge on any atom is -0.491 e.